The highest BCUT2D eigenvalue weighted by Gasteiger charge is 2.18. The molecular weight excluding hydrogens is 240 g/mol. The van der Waals surface area contributed by atoms with Crippen molar-refractivity contribution in [3.8, 4) is 0 Å². The van der Waals surface area contributed by atoms with Gasteiger partial charge in [-0.1, -0.05) is 29.8 Å². The third-order valence-electron chi connectivity index (χ3n) is 3.51. The summed E-state index contributed by atoms with van der Waals surface area (Å²) in [4.78, 5) is 11.9. The van der Waals surface area contributed by atoms with E-state index in [1.54, 1.807) is 0 Å². The first kappa shape index (κ1) is 14.0. The van der Waals surface area contributed by atoms with Gasteiger partial charge in [0.1, 0.15) is 6.04 Å². The minimum atomic E-state index is -0.593. The molecule has 1 aromatic rings. The number of carbonyl (C=O) groups is 1. The van der Waals surface area contributed by atoms with E-state index in [-0.39, 0.29) is 5.91 Å². The van der Waals surface area contributed by atoms with Gasteiger partial charge in [-0.15, -0.1) is 0 Å². The van der Waals surface area contributed by atoms with Crippen molar-refractivity contribution in [2.24, 2.45) is 5.73 Å². The van der Waals surface area contributed by atoms with Crippen LogP contribution in [0.25, 0.3) is 0 Å². The van der Waals surface area contributed by atoms with Crippen molar-refractivity contribution < 1.29 is 9.53 Å². The van der Waals surface area contributed by atoms with Gasteiger partial charge in [0.2, 0.25) is 5.91 Å². The summed E-state index contributed by atoms with van der Waals surface area (Å²) in [7, 11) is 0. The molecule has 4 nitrogen and oxygen atoms in total. The zero-order valence-electron chi connectivity index (χ0n) is 11.4. The Labute approximate surface area is 114 Å². The van der Waals surface area contributed by atoms with Crippen molar-refractivity contribution >= 4 is 5.91 Å². The monoisotopic (exact) mass is 262 g/mol. The van der Waals surface area contributed by atoms with Gasteiger partial charge in [0.15, 0.2) is 0 Å². The van der Waals surface area contributed by atoms with E-state index < -0.39 is 6.04 Å². The molecule has 0 spiro atoms. The van der Waals surface area contributed by atoms with Crippen molar-refractivity contribution in [1.29, 1.82) is 0 Å². The van der Waals surface area contributed by atoms with Crippen LogP contribution in [0.1, 0.15) is 36.4 Å². The highest BCUT2D eigenvalue weighted by molar-refractivity contribution is 5.82. The van der Waals surface area contributed by atoms with Crippen LogP contribution in [0.4, 0.5) is 0 Å². The largest absolute Gasteiger partial charge is 0.378 e. The standard InChI is InChI=1S/C15H22N2O2/c1-11-4-6-12(7-5-11)14(16)15(18)17-9-8-13-3-2-10-19-13/h4-7,13-14H,2-3,8-10,16H2,1H3,(H,17,18). The van der Waals surface area contributed by atoms with E-state index in [1.807, 2.05) is 31.2 Å². The molecule has 1 heterocycles. The quantitative estimate of drug-likeness (QED) is 0.848. The van der Waals surface area contributed by atoms with E-state index in [0.717, 1.165) is 37.0 Å². The van der Waals surface area contributed by atoms with Gasteiger partial charge in [-0.3, -0.25) is 4.79 Å². The van der Waals surface area contributed by atoms with E-state index in [2.05, 4.69) is 5.32 Å². The summed E-state index contributed by atoms with van der Waals surface area (Å²) < 4.78 is 5.51. The van der Waals surface area contributed by atoms with E-state index in [9.17, 15) is 4.79 Å². The SMILES string of the molecule is Cc1ccc(C(N)C(=O)NCCC2CCCO2)cc1. The number of nitrogens with two attached hydrogens (primary N) is 1. The molecule has 0 bridgehead atoms. The molecular formula is C15H22N2O2. The Hall–Kier alpha value is -1.39. The number of aryl methyl sites for hydroxylation is 1. The average Bonchev–Trinajstić information content (AvgIpc) is 2.92. The Morgan fingerprint density at radius 2 is 2.21 bits per heavy atom. The number of hydrogen-bond donors (Lipinski definition) is 2. The Morgan fingerprint density at radius 3 is 2.84 bits per heavy atom. The van der Waals surface area contributed by atoms with E-state index in [4.69, 9.17) is 10.5 Å². The number of amides is 1. The lowest BCUT2D eigenvalue weighted by atomic mass is 10.1. The van der Waals surface area contributed by atoms with Crippen LogP contribution in [0.15, 0.2) is 24.3 Å². The molecule has 2 unspecified atom stereocenters. The number of nitrogens with one attached hydrogen (secondary N) is 1. The number of rotatable bonds is 5. The molecule has 0 aromatic heterocycles. The Balaban J connectivity index is 1.77. The van der Waals surface area contributed by atoms with Crippen LogP contribution in [-0.4, -0.2) is 25.2 Å². The molecule has 1 amide bonds. The van der Waals surface area contributed by atoms with Gasteiger partial charge >= 0.3 is 0 Å². The summed E-state index contributed by atoms with van der Waals surface area (Å²) in [5, 5.41) is 2.88. The maximum absolute atomic E-state index is 11.9. The predicted octanol–water partition coefficient (Wildman–Crippen LogP) is 1.68. The summed E-state index contributed by atoms with van der Waals surface area (Å²) in [5.41, 5.74) is 7.95. The summed E-state index contributed by atoms with van der Waals surface area (Å²) in [6.07, 6.45) is 3.39. The number of benzene rings is 1. The minimum Gasteiger partial charge on any atom is -0.378 e. The van der Waals surface area contributed by atoms with Crippen molar-refractivity contribution in [3.63, 3.8) is 0 Å². The van der Waals surface area contributed by atoms with E-state index >= 15 is 0 Å². The lowest BCUT2D eigenvalue weighted by molar-refractivity contribution is -0.122. The van der Waals surface area contributed by atoms with Gasteiger partial charge in [0.05, 0.1) is 6.10 Å². The van der Waals surface area contributed by atoms with Crippen LogP contribution in [0.3, 0.4) is 0 Å². The summed E-state index contributed by atoms with van der Waals surface area (Å²) in [5.74, 6) is -0.123. The molecule has 1 aromatic carbocycles. The first-order valence-corrected chi connectivity index (χ1v) is 6.88. The molecule has 0 aliphatic carbocycles. The fourth-order valence-electron chi connectivity index (χ4n) is 2.26. The van der Waals surface area contributed by atoms with Crippen LogP contribution in [-0.2, 0) is 9.53 Å². The maximum atomic E-state index is 11.9. The molecule has 0 radical (unpaired) electrons. The maximum Gasteiger partial charge on any atom is 0.241 e. The normalized spacial score (nSPS) is 20.2. The van der Waals surface area contributed by atoms with Crippen LogP contribution in [0, 0.1) is 6.92 Å². The lowest BCUT2D eigenvalue weighted by Crippen LogP contribution is -2.35. The van der Waals surface area contributed by atoms with Crippen LogP contribution < -0.4 is 11.1 Å². The van der Waals surface area contributed by atoms with Crippen LogP contribution in [0.2, 0.25) is 0 Å². The summed E-state index contributed by atoms with van der Waals surface area (Å²) >= 11 is 0. The molecule has 2 atom stereocenters. The summed E-state index contributed by atoms with van der Waals surface area (Å²) in [6.45, 7) is 3.49. The van der Waals surface area contributed by atoms with Gasteiger partial charge in [-0.25, -0.2) is 0 Å². The molecule has 2 rings (SSSR count). The highest BCUT2D eigenvalue weighted by Crippen LogP contribution is 2.15. The molecule has 1 aliphatic rings. The van der Waals surface area contributed by atoms with Crippen molar-refractivity contribution in [2.75, 3.05) is 13.2 Å². The molecule has 1 aliphatic heterocycles. The number of ether oxygens (including phenoxy) is 1. The van der Waals surface area contributed by atoms with Gasteiger partial charge in [0, 0.05) is 13.2 Å². The average molecular weight is 262 g/mol. The predicted molar refractivity (Wildman–Crippen MR) is 74.7 cm³/mol. The van der Waals surface area contributed by atoms with Crippen molar-refractivity contribution in [1.82, 2.24) is 5.32 Å². The Bertz CT molecular complexity index is 411. The second-order valence-electron chi connectivity index (χ2n) is 5.10. The Kier molecular flexibility index (Phi) is 4.93. The number of hydrogen-bond acceptors (Lipinski definition) is 3. The highest BCUT2D eigenvalue weighted by atomic mass is 16.5. The third-order valence-corrected chi connectivity index (χ3v) is 3.51. The fraction of sp³-hybridized carbons (Fsp3) is 0.533. The molecule has 19 heavy (non-hydrogen) atoms. The molecule has 1 saturated heterocycles. The first-order valence-electron chi connectivity index (χ1n) is 6.88. The van der Waals surface area contributed by atoms with Crippen molar-refractivity contribution in [3.05, 3.63) is 35.4 Å². The Morgan fingerprint density at radius 1 is 1.47 bits per heavy atom. The zero-order chi connectivity index (χ0) is 13.7. The lowest BCUT2D eigenvalue weighted by Gasteiger charge is -2.14. The molecule has 104 valence electrons. The van der Waals surface area contributed by atoms with Gasteiger partial charge < -0.3 is 15.8 Å². The zero-order valence-corrected chi connectivity index (χ0v) is 11.4. The van der Waals surface area contributed by atoms with Gasteiger partial charge in [-0.05, 0) is 31.7 Å². The molecule has 3 N–H and O–H groups in total. The van der Waals surface area contributed by atoms with Crippen LogP contribution >= 0.6 is 0 Å². The third kappa shape index (κ3) is 4.04. The van der Waals surface area contributed by atoms with Gasteiger partial charge in [-0.2, -0.15) is 0 Å². The molecule has 0 saturated carbocycles. The smallest absolute Gasteiger partial charge is 0.241 e. The second-order valence-corrected chi connectivity index (χ2v) is 5.10. The van der Waals surface area contributed by atoms with E-state index in [0.29, 0.717) is 12.6 Å². The van der Waals surface area contributed by atoms with Crippen molar-refractivity contribution in [2.45, 2.75) is 38.3 Å². The van der Waals surface area contributed by atoms with Gasteiger partial charge in [0.25, 0.3) is 0 Å². The topological polar surface area (TPSA) is 64.4 Å². The minimum absolute atomic E-state index is 0.123. The first-order chi connectivity index (χ1) is 9.16. The second kappa shape index (κ2) is 6.68. The molecule has 4 heteroatoms. The number of carbonyl (C=O) groups excluding carboxylic acids is 1. The molecule has 1 fully saturated rings. The fourth-order valence-corrected chi connectivity index (χ4v) is 2.26. The van der Waals surface area contributed by atoms with Crippen LogP contribution in [0.5, 0.6) is 0 Å². The van der Waals surface area contributed by atoms with E-state index in [1.165, 1.54) is 0 Å². The summed E-state index contributed by atoms with van der Waals surface area (Å²) in [6, 6.07) is 7.15.